The third kappa shape index (κ3) is 2.98. The van der Waals surface area contributed by atoms with E-state index in [2.05, 4.69) is 18.8 Å². The smallest absolute Gasteiger partial charge is 0.00699 e. The van der Waals surface area contributed by atoms with Crippen molar-refractivity contribution in [3.8, 4) is 0 Å². The van der Waals surface area contributed by atoms with E-state index in [0.29, 0.717) is 0 Å². The van der Waals surface area contributed by atoms with Crippen LogP contribution in [0.3, 0.4) is 0 Å². The van der Waals surface area contributed by atoms with Crippen LogP contribution in [0.25, 0.3) is 0 Å². The summed E-state index contributed by atoms with van der Waals surface area (Å²) in [4.78, 5) is 0. The highest BCUT2D eigenvalue weighted by Crippen LogP contribution is 2.27. The van der Waals surface area contributed by atoms with Gasteiger partial charge < -0.3 is 5.32 Å². The van der Waals surface area contributed by atoms with Crippen LogP contribution in [0.15, 0.2) is 12.7 Å². The molecule has 70 valence electrons. The molecule has 1 nitrogen and oxygen atoms in total. The fourth-order valence-electron chi connectivity index (χ4n) is 2.02. The molecule has 1 aliphatic carbocycles. The van der Waals surface area contributed by atoms with Gasteiger partial charge in [0.2, 0.25) is 0 Å². The normalized spacial score (nSPS) is 29.1. The monoisotopic (exact) mass is 167 g/mol. The molecule has 2 atom stereocenters. The van der Waals surface area contributed by atoms with Gasteiger partial charge in [-0.3, -0.25) is 0 Å². The summed E-state index contributed by atoms with van der Waals surface area (Å²) in [5, 5.41) is 3.58. The van der Waals surface area contributed by atoms with Crippen molar-refractivity contribution < 1.29 is 0 Å². The van der Waals surface area contributed by atoms with Crippen molar-refractivity contribution in [3.63, 3.8) is 0 Å². The molecule has 0 radical (unpaired) electrons. The summed E-state index contributed by atoms with van der Waals surface area (Å²) in [5.41, 5.74) is 0. The van der Waals surface area contributed by atoms with Gasteiger partial charge in [-0.15, -0.1) is 6.58 Å². The molecule has 0 aliphatic heterocycles. The Balaban J connectivity index is 2.06. The Kier molecular flexibility index (Phi) is 4.37. The molecule has 2 unspecified atom stereocenters. The van der Waals surface area contributed by atoms with E-state index in [1.165, 1.54) is 25.7 Å². The molecular formula is C11H21N. The van der Waals surface area contributed by atoms with Crippen LogP contribution in [0.5, 0.6) is 0 Å². The highest BCUT2D eigenvalue weighted by atomic mass is 14.9. The van der Waals surface area contributed by atoms with E-state index >= 15 is 0 Å². The minimum atomic E-state index is 0.801. The zero-order valence-electron chi connectivity index (χ0n) is 8.18. The molecule has 1 heteroatoms. The Morgan fingerprint density at radius 1 is 1.50 bits per heavy atom. The molecule has 0 aromatic heterocycles. The molecule has 1 N–H and O–H groups in total. The molecule has 0 aromatic carbocycles. The van der Waals surface area contributed by atoms with E-state index in [-0.39, 0.29) is 0 Å². The first-order valence-corrected chi connectivity index (χ1v) is 5.21. The van der Waals surface area contributed by atoms with E-state index in [9.17, 15) is 0 Å². The average Bonchev–Trinajstić information content (AvgIpc) is 2.53. The first kappa shape index (κ1) is 9.79. The largest absolute Gasteiger partial charge is 0.314 e. The summed E-state index contributed by atoms with van der Waals surface area (Å²) < 4.78 is 0. The lowest BCUT2D eigenvalue weighted by molar-refractivity contribution is 0.480. The zero-order valence-corrected chi connectivity index (χ0v) is 8.18. The van der Waals surface area contributed by atoms with E-state index < -0.39 is 0 Å². The lowest BCUT2D eigenvalue weighted by atomic mass is 10.1. The minimum Gasteiger partial charge on any atom is -0.314 e. The Bertz CT molecular complexity index is 131. The standard InChI is InChI=1S/C11H21N/c1-3-5-8-12-11-7-6-10(4-2)9-11/h3,10-12H,1,4-9H2,2H3. The van der Waals surface area contributed by atoms with Crippen LogP contribution in [0.2, 0.25) is 0 Å². The van der Waals surface area contributed by atoms with E-state index in [4.69, 9.17) is 0 Å². The van der Waals surface area contributed by atoms with Crippen molar-refractivity contribution in [2.24, 2.45) is 5.92 Å². The second-order valence-electron chi connectivity index (χ2n) is 3.82. The minimum absolute atomic E-state index is 0.801. The average molecular weight is 167 g/mol. The summed E-state index contributed by atoms with van der Waals surface area (Å²) in [5.74, 6) is 0.992. The van der Waals surface area contributed by atoms with Gasteiger partial charge in [0.1, 0.15) is 0 Å². The van der Waals surface area contributed by atoms with Gasteiger partial charge in [-0.25, -0.2) is 0 Å². The van der Waals surface area contributed by atoms with Gasteiger partial charge in [0.05, 0.1) is 0 Å². The SMILES string of the molecule is C=CCCNC1CCC(CC)C1. The second-order valence-corrected chi connectivity index (χ2v) is 3.82. The van der Waals surface area contributed by atoms with Gasteiger partial charge in [0.15, 0.2) is 0 Å². The molecule has 1 fully saturated rings. The Hall–Kier alpha value is -0.300. The fourth-order valence-corrected chi connectivity index (χ4v) is 2.02. The third-order valence-corrected chi connectivity index (χ3v) is 2.90. The molecule has 0 spiro atoms. The van der Waals surface area contributed by atoms with Crippen molar-refractivity contribution in [1.82, 2.24) is 5.32 Å². The Labute approximate surface area is 76.2 Å². The summed E-state index contributed by atoms with van der Waals surface area (Å²) in [6, 6.07) is 0.801. The molecule has 0 heterocycles. The molecule has 12 heavy (non-hydrogen) atoms. The summed E-state index contributed by atoms with van der Waals surface area (Å²) in [6.45, 7) is 7.13. The van der Waals surface area contributed by atoms with Gasteiger partial charge >= 0.3 is 0 Å². The lowest BCUT2D eigenvalue weighted by Crippen LogP contribution is -2.27. The Morgan fingerprint density at radius 2 is 2.33 bits per heavy atom. The molecule has 0 amide bonds. The van der Waals surface area contributed by atoms with E-state index in [0.717, 1.165) is 24.9 Å². The second kappa shape index (κ2) is 5.36. The number of hydrogen-bond donors (Lipinski definition) is 1. The summed E-state index contributed by atoms with van der Waals surface area (Å²) in [7, 11) is 0. The van der Waals surface area contributed by atoms with Gasteiger partial charge in [-0.05, 0) is 38.1 Å². The maximum absolute atomic E-state index is 3.72. The van der Waals surface area contributed by atoms with Crippen molar-refractivity contribution in [2.75, 3.05) is 6.54 Å². The van der Waals surface area contributed by atoms with Crippen LogP contribution in [-0.4, -0.2) is 12.6 Å². The molecule has 1 rings (SSSR count). The summed E-state index contributed by atoms with van der Waals surface area (Å²) >= 11 is 0. The van der Waals surface area contributed by atoms with Crippen molar-refractivity contribution in [3.05, 3.63) is 12.7 Å². The van der Waals surface area contributed by atoms with Crippen molar-refractivity contribution in [1.29, 1.82) is 0 Å². The fraction of sp³-hybridized carbons (Fsp3) is 0.818. The van der Waals surface area contributed by atoms with Gasteiger partial charge in [0.25, 0.3) is 0 Å². The maximum atomic E-state index is 3.72. The summed E-state index contributed by atoms with van der Waals surface area (Å²) in [6.07, 6.45) is 8.66. The number of hydrogen-bond acceptors (Lipinski definition) is 1. The van der Waals surface area contributed by atoms with Crippen molar-refractivity contribution in [2.45, 2.75) is 45.1 Å². The van der Waals surface area contributed by atoms with Gasteiger partial charge in [-0.1, -0.05) is 19.4 Å². The lowest BCUT2D eigenvalue weighted by Gasteiger charge is -2.11. The molecular weight excluding hydrogens is 146 g/mol. The van der Waals surface area contributed by atoms with Crippen LogP contribution in [0.4, 0.5) is 0 Å². The van der Waals surface area contributed by atoms with Crippen LogP contribution >= 0.6 is 0 Å². The third-order valence-electron chi connectivity index (χ3n) is 2.90. The van der Waals surface area contributed by atoms with Crippen LogP contribution in [-0.2, 0) is 0 Å². The highest BCUT2D eigenvalue weighted by molar-refractivity contribution is 4.80. The van der Waals surface area contributed by atoms with Gasteiger partial charge in [-0.2, -0.15) is 0 Å². The van der Waals surface area contributed by atoms with Gasteiger partial charge in [0, 0.05) is 6.04 Å². The van der Waals surface area contributed by atoms with E-state index in [1.807, 2.05) is 6.08 Å². The quantitative estimate of drug-likeness (QED) is 0.490. The van der Waals surface area contributed by atoms with Crippen LogP contribution in [0.1, 0.15) is 39.0 Å². The predicted octanol–water partition coefficient (Wildman–Crippen LogP) is 2.73. The topological polar surface area (TPSA) is 12.0 Å². The van der Waals surface area contributed by atoms with E-state index in [1.54, 1.807) is 0 Å². The molecule has 0 saturated heterocycles. The first-order valence-electron chi connectivity index (χ1n) is 5.21. The zero-order chi connectivity index (χ0) is 8.81. The molecule has 0 aromatic rings. The Morgan fingerprint density at radius 3 is 2.92 bits per heavy atom. The predicted molar refractivity (Wildman–Crippen MR) is 54.2 cm³/mol. The molecule has 0 bridgehead atoms. The molecule has 1 saturated carbocycles. The highest BCUT2D eigenvalue weighted by Gasteiger charge is 2.21. The van der Waals surface area contributed by atoms with Crippen molar-refractivity contribution >= 4 is 0 Å². The molecule has 1 aliphatic rings. The van der Waals surface area contributed by atoms with Crippen LogP contribution < -0.4 is 5.32 Å². The maximum Gasteiger partial charge on any atom is 0.00699 e. The van der Waals surface area contributed by atoms with Crippen LogP contribution in [0, 0.1) is 5.92 Å². The first-order chi connectivity index (χ1) is 5.86. The number of rotatable bonds is 5. The number of nitrogens with one attached hydrogen (secondary N) is 1.